The van der Waals surface area contributed by atoms with Crippen LogP contribution >= 0.6 is 0 Å². The van der Waals surface area contributed by atoms with Crippen LogP contribution in [-0.2, 0) is 28.5 Å². The molecule has 1 saturated carbocycles. The molecule has 37 heavy (non-hydrogen) atoms. The number of ether oxygens (including phenoxy) is 2. The number of benzene rings is 2. The molecule has 1 aliphatic heterocycles. The van der Waals surface area contributed by atoms with E-state index in [2.05, 4.69) is 9.47 Å². The van der Waals surface area contributed by atoms with E-state index in [1.807, 2.05) is 0 Å². The zero-order chi connectivity index (χ0) is 39.0. The second-order valence-corrected chi connectivity index (χ2v) is 8.89. The van der Waals surface area contributed by atoms with Crippen LogP contribution < -0.4 is 9.47 Å². The molecule has 0 radical (unpaired) electrons. The van der Waals surface area contributed by atoms with Crippen molar-refractivity contribution < 1.29 is 56.8 Å². The number of aliphatic hydroxyl groups is 2. The van der Waals surface area contributed by atoms with Crippen molar-refractivity contribution in [3.05, 3.63) is 59.0 Å². The minimum atomic E-state index is -4.41. The summed E-state index contributed by atoms with van der Waals surface area (Å²) in [5.41, 5.74) is -7.71. The lowest BCUT2D eigenvalue weighted by atomic mass is 9.86. The van der Waals surface area contributed by atoms with Gasteiger partial charge in [-0.3, -0.25) is 4.79 Å². The first kappa shape index (κ1) is 13.7. The van der Waals surface area contributed by atoms with Gasteiger partial charge in [-0.05, 0) is 60.6 Å². The molecule has 1 aliphatic carbocycles. The van der Waals surface area contributed by atoms with Crippen LogP contribution in [0.25, 0.3) is 10.9 Å². The number of alkyl halides is 2. The molecule has 0 saturated heterocycles. The van der Waals surface area contributed by atoms with Gasteiger partial charge in [-0.2, -0.15) is 0 Å². The third-order valence-corrected chi connectivity index (χ3v) is 6.32. The molecule has 2 aliphatic rings. The number of carbonyl (C=O) groups excluding carboxylic acids is 1. The predicted octanol–water partition coefficient (Wildman–Crippen LogP) is 4.99. The van der Waals surface area contributed by atoms with Gasteiger partial charge < -0.3 is 24.3 Å². The van der Waals surface area contributed by atoms with E-state index in [4.69, 9.17) is 19.2 Å². The lowest BCUT2D eigenvalue weighted by molar-refractivity contribution is -0.286. The molecule has 1 unspecified atom stereocenters. The Kier molecular flexibility index (Phi) is 3.24. The van der Waals surface area contributed by atoms with Crippen molar-refractivity contribution in [3.8, 4) is 11.5 Å². The third kappa shape index (κ3) is 4.48. The number of nitrogens with zero attached hydrogens (tertiary/aromatic N) is 1. The fraction of sp³-hybridized carbons (Fsp3) is 0.464. The van der Waals surface area contributed by atoms with Crippen molar-refractivity contribution in [2.24, 2.45) is 0 Å². The summed E-state index contributed by atoms with van der Waals surface area (Å²) in [5, 5.41) is 20.2. The third-order valence-electron chi connectivity index (χ3n) is 6.32. The lowest BCUT2D eigenvalue weighted by Gasteiger charge is -2.26. The first-order chi connectivity index (χ1) is 22.9. The molecule has 0 bridgehead atoms. The normalized spacial score (nSPS) is 28.9. The zero-order valence-corrected chi connectivity index (χ0v) is 19.4. The second-order valence-electron chi connectivity index (χ2n) is 8.89. The zero-order valence-electron chi connectivity index (χ0n) is 33.4. The van der Waals surface area contributed by atoms with Crippen LogP contribution in [0.15, 0.2) is 36.3 Å². The Morgan fingerprint density at radius 3 is 2.70 bits per heavy atom. The Bertz CT molecular complexity index is 1960. The van der Waals surface area contributed by atoms with E-state index in [9.17, 15) is 23.8 Å². The van der Waals surface area contributed by atoms with Crippen LogP contribution in [0.2, 0.25) is 0 Å². The van der Waals surface area contributed by atoms with Crippen LogP contribution in [0.1, 0.15) is 75.9 Å². The van der Waals surface area contributed by atoms with Gasteiger partial charge in [0.15, 0.2) is 11.5 Å². The highest BCUT2D eigenvalue weighted by molar-refractivity contribution is 5.95. The molecular formula is C28H30F3NO5. The number of hydrogen-bond acceptors (Lipinski definition) is 5. The summed E-state index contributed by atoms with van der Waals surface area (Å²) in [4.78, 5) is 14.1. The van der Waals surface area contributed by atoms with Gasteiger partial charge in [-0.15, -0.1) is 8.78 Å². The highest BCUT2D eigenvalue weighted by Crippen LogP contribution is 2.52. The summed E-state index contributed by atoms with van der Waals surface area (Å²) >= 11 is 0. The van der Waals surface area contributed by atoms with Gasteiger partial charge in [-0.1, -0.05) is 26.7 Å². The number of hydrogen-bond donors (Lipinski definition) is 2. The molecule has 9 heteroatoms. The molecule has 0 spiro atoms. The Labute approximate surface area is 232 Å². The molecule has 6 nitrogen and oxygen atoms in total. The van der Waals surface area contributed by atoms with E-state index in [0.717, 1.165) is 12.1 Å². The standard InChI is InChI=1S/C28H30F3NO5/c1-4-26(2,3)24-10-17-9-16(20(29)13-21(17)32(24)14-19(34)15-33)11-25(35)27(7-8-27)18-5-6-22-23(12-18)37-28(30,31)36-22/h5-6,9-10,12-13,19,33-34H,4,7-8,11,14-15H2,1-3H3/t19-/m1/s1/i2D3,5D,6D,7D2,8D2,12D,14D2,15D2/t19-,26?. The topological polar surface area (TPSA) is 80.9 Å². The summed E-state index contributed by atoms with van der Waals surface area (Å²) in [7, 11) is 0. The van der Waals surface area contributed by atoms with Crippen LogP contribution in [-0.4, -0.2) is 39.5 Å². The molecule has 198 valence electrons. The highest BCUT2D eigenvalue weighted by atomic mass is 19.3. The van der Waals surface area contributed by atoms with Crippen molar-refractivity contribution in [2.75, 3.05) is 6.56 Å². The minimum Gasteiger partial charge on any atom is -0.395 e. The first-order valence-corrected chi connectivity index (χ1v) is 11.1. The molecule has 2 N–H and O–H groups in total. The Balaban J connectivity index is 1.72. The average molecular weight is 532 g/mol. The smallest absolute Gasteiger partial charge is 0.395 e. The van der Waals surface area contributed by atoms with Gasteiger partial charge >= 0.3 is 6.29 Å². The van der Waals surface area contributed by atoms with E-state index in [1.165, 1.54) is 13.8 Å². The van der Waals surface area contributed by atoms with Crippen molar-refractivity contribution >= 4 is 16.7 Å². The van der Waals surface area contributed by atoms with Crippen LogP contribution in [0.3, 0.4) is 0 Å². The lowest BCUT2D eigenvalue weighted by Crippen LogP contribution is -2.26. The highest BCUT2D eigenvalue weighted by Gasteiger charge is 2.52. The summed E-state index contributed by atoms with van der Waals surface area (Å²) in [6, 6.07) is -1.02. The van der Waals surface area contributed by atoms with Crippen molar-refractivity contribution in [3.63, 3.8) is 0 Å². The maximum absolute atomic E-state index is 16.0. The fourth-order valence-electron chi connectivity index (χ4n) is 4.03. The van der Waals surface area contributed by atoms with E-state index in [1.54, 1.807) is 0 Å². The number of fused-ring (bicyclic) bond motifs is 2. The fourth-order valence-corrected chi connectivity index (χ4v) is 4.03. The second kappa shape index (κ2) is 8.77. The van der Waals surface area contributed by atoms with Crippen LogP contribution in [0.5, 0.6) is 11.5 Å². The quantitative estimate of drug-likeness (QED) is 0.407. The molecule has 5 rings (SSSR count). The molecule has 3 aromatic rings. The van der Waals surface area contributed by atoms with Crippen molar-refractivity contribution in [2.45, 2.75) is 76.0 Å². The van der Waals surface area contributed by atoms with Crippen LogP contribution in [0, 0.1) is 5.82 Å². The number of Topliss-reactive ketones (excluding diaryl/α,β-unsaturated/α-hetero) is 1. The Hall–Kier alpha value is -3.04. The van der Waals surface area contributed by atoms with Gasteiger partial charge in [0.1, 0.15) is 11.6 Å². The minimum absolute atomic E-state index is 0.190. The molecule has 2 heterocycles. The van der Waals surface area contributed by atoms with Crippen LogP contribution in [0.4, 0.5) is 13.2 Å². The van der Waals surface area contributed by atoms with Gasteiger partial charge in [0.25, 0.3) is 0 Å². The molecule has 2 atom stereocenters. The SMILES string of the molecule is [2H]c1c([2H])c(C2(C(=O)Cc3cc4cc(C(C)(CC)C([2H])([2H])[2H])n(C([2H])([2H])[C@@H](O)C([2H])([2H])O)c4cc3F)C([2H])([2H])C2([2H])[2H])c([2H])c2c1OC(F)(F)O2. The summed E-state index contributed by atoms with van der Waals surface area (Å²) in [6.45, 7) is -7.16. The molecule has 2 aromatic carbocycles. The molecule has 0 amide bonds. The van der Waals surface area contributed by atoms with Gasteiger partial charge in [0.2, 0.25) is 0 Å². The molecule has 1 aromatic heterocycles. The maximum atomic E-state index is 16.0. The monoisotopic (exact) mass is 531 g/mol. The van der Waals surface area contributed by atoms with E-state index < -0.39 is 126 Å². The number of rotatable bonds is 9. The van der Waals surface area contributed by atoms with E-state index in [-0.39, 0.29) is 11.8 Å². The summed E-state index contributed by atoms with van der Waals surface area (Å²) < 4.78 is 168. The van der Waals surface area contributed by atoms with Gasteiger partial charge in [0, 0.05) is 32.5 Å². The maximum Gasteiger partial charge on any atom is 0.586 e. The Morgan fingerprint density at radius 2 is 2.05 bits per heavy atom. The first-order valence-electron chi connectivity index (χ1n) is 18.1. The van der Waals surface area contributed by atoms with Crippen molar-refractivity contribution in [1.29, 1.82) is 0 Å². The largest absolute Gasteiger partial charge is 0.586 e. The van der Waals surface area contributed by atoms with E-state index >= 15 is 4.39 Å². The Morgan fingerprint density at radius 1 is 1.32 bits per heavy atom. The molecule has 1 fully saturated rings. The average Bonchev–Trinajstić information content (AvgIpc) is 3.33. The van der Waals surface area contributed by atoms with Crippen molar-refractivity contribution in [1.82, 2.24) is 4.57 Å². The predicted molar refractivity (Wildman–Crippen MR) is 131 cm³/mol. The summed E-state index contributed by atoms with van der Waals surface area (Å²) in [5.74, 6) is -5.07. The number of carbonyl (C=O) groups is 1. The van der Waals surface area contributed by atoms with Gasteiger partial charge in [-0.25, -0.2) is 4.39 Å². The number of aromatic nitrogens is 1. The molecular weight excluding hydrogens is 487 g/mol. The number of halogens is 3. The summed E-state index contributed by atoms with van der Waals surface area (Å²) in [6.07, 6.45) is -15.2. The van der Waals surface area contributed by atoms with E-state index in [0.29, 0.717) is 10.6 Å². The van der Waals surface area contributed by atoms with Gasteiger partial charge in [0.05, 0.1) is 39.7 Å². The number of ketones is 1. The number of aliphatic hydroxyl groups excluding tert-OH is 1.